The first-order valence-corrected chi connectivity index (χ1v) is 15.5. The lowest BCUT2D eigenvalue weighted by molar-refractivity contribution is -0.150. The summed E-state index contributed by atoms with van der Waals surface area (Å²) < 4.78 is 10.1. The first-order valence-electron chi connectivity index (χ1n) is 14.6. The van der Waals surface area contributed by atoms with E-state index in [2.05, 4.69) is 20.0 Å². The van der Waals surface area contributed by atoms with E-state index in [4.69, 9.17) is 10.5 Å². The Bertz CT molecular complexity index is 1160. The number of nitrogens with zero attached hydrogens (tertiary/aromatic N) is 3. The summed E-state index contributed by atoms with van der Waals surface area (Å²) in [6.07, 6.45) is 6.34. The smallest absolute Gasteiger partial charge is 0.307 e. The van der Waals surface area contributed by atoms with Crippen LogP contribution >= 0.6 is 11.8 Å². The molecule has 1 saturated carbocycles. The molecule has 11 nitrogen and oxygen atoms in total. The molecule has 42 heavy (non-hydrogen) atoms. The van der Waals surface area contributed by atoms with Crippen LogP contribution < -0.4 is 11.1 Å². The summed E-state index contributed by atoms with van der Waals surface area (Å²) in [6, 6.07) is 6.53. The highest BCUT2D eigenvalue weighted by Crippen LogP contribution is 2.34. The van der Waals surface area contributed by atoms with Gasteiger partial charge in [-0.2, -0.15) is 4.99 Å². The number of methoxy groups -OCH3 is 1. The SMILES string of the molecule is COC(=O)CCNC(=O)C1SC(=NC(=O)c2ccc(C(N)=NCCCC(=O)OC3CCCCC3)cc2)N(C(C)C)C1C. The third kappa shape index (κ3) is 9.57. The number of esters is 2. The largest absolute Gasteiger partial charge is 0.469 e. The Morgan fingerprint density at radius 1 is 1.05 bits per heavy atom. The number of carbonyl (C=O) groups is 4. The van der Waals surface area contributed by atoms with E-state index in [1.807, 2.05) is 25.7 Å². The van der Waals surface area contributed by atoms with Crippen molar-refractivity contribution < 1.29 is 28.7 Å². The fraction of sp³-hybridized carbons (Fsp3) is 0.600. The Morgan fingerprint density at radius 3 is 2.36 bits per heavy atom. The normalized spacial score (nSPS) is 20.5. The van der Waals surface area contributed by atoms with E-state index in [1.54, 1.807) is 24.3 Å². The molecule has 0 spiro atoms. The van der Waals surface area contributed by atoms with Gasteiger partial charge in [0.05, 0.1) is 13.5 Å². The van der Waals surface area contributed by atoms with Gasteiger partial charge in [-0.3, -0.25) is 24.2 Å². The molecule has 2 aliphatic rings. The van der Waals surface area contributed by atoms with E-state index >= 15 is 0 Å². The fourth-order valence-corrected chi connectivity index (χ4v) is 6.39. The molecule has 1 saturated heterocycles. The molecule has 2 unspecified atom stereocenters. The highest BCUT2D eigenvalue weighted by atomic mass is 32.2. The number of nitrogens with one attached hydrogen (secondary N) is 1. The average molecular weight is 602 g/mol. The highest BCUT2D eigenvalue weighted by Gasteiger charge is 2.42. The number of nitrogens with two attached hydrogens (primary N) is 1. The van der Waals surface area contributed by atoms with E-state index in [-0.39, 0.29) is 43.0 Å². The quantitative estimate of drug-likeness (QED) is 0.159. The minimum atomic E-state index is -0.482. The van der Waals surface area contributed by atoms with Crippen LogP contribution in [0.4, 0.5) is 0 Å². The monoisotopic (exact) mass is 601 g/mol. The van der Waals surface area contributed by atoms with Gasteiger partial charge in [-0.05, 0) is 65.0 Å². The number of benzene rings is 1. The van der Waals surface area contributed by atoms with Crippen LogP contribution in [0.1, 0.15) is 88.1 Å². The maximum Gasteiger partial charge on any atom is 0.307 e. The van der Waals surface area contributed by atoms with Crippen molar-refractivity contribution in [2.75, 3.05) is 20.2 Å². The van der Waals surface area contributed by atoms with Gasteiger partial charge in [0.25, 0.3) is 5.91 Å². The first-order chi connectivity index (χ1) is 20.1. The highest BCUT2D eigenvalue weighted by molar-refractivity contribution is 8.15. The van der Waals surface area contributed by atoms with Gasteiger partial charge in [0, 0.05) is 42.7 Å². The van der Waals surface area contributed by atoms with Crippen LogP contribution in [0.2, 0.25) is 0 Å². The van der Waals surface area contributed by atoms with Crippen molar-refractivity contribution in [2.45, 2.75) is 95.6 Å². The van der Waals surface area contributed by atoms with Crippen molar-refractivity contribution in [2.24, 2.45) is 15.7 Å². The van der Waals surface area contributed by atoms with E-state index < -0.39 is 17.1 Å². The molecular weight excluding hydrogens is 558 g/mol. The van der Waals surface area contributed by atoms with Gasteiger partial charge in [0.2, 0.25) is 5.91 Å². The zero-order valence-corrected chi connectivity index (χ0v) is 25.8. The fourth-order valence-electron chi connectivity index (χ4n) is 5.01. The number of aliphatic imine (C=N–C) groups is 2. The molecule has 1 heterocycles. The topological polar surface area (TPSA) is 153 Å². The van der Waals surface area contributed by atoms with Crippen LogP contribution in [0.15, 0.2) is 34.3 Å². The summed E-state index contributed by atoms with van der Waals surface area (Å²) in [5, 5.41) is 2.76. The van der Waals surface area contributed by atoms with Crippen LogP contribution in [-0.4, -0.2) is 83.3 Å². The molecule has 1 aromatic rings. The predicted molar refractivity (Wildman–Crippen MR) is 163 cm³/mol. The Balaban J connectivity index is 1.55. The van der Waals surface area contributed by atoms with Gasteiger partial charge in [-0.1, -0.05) is 30.3 Å². The lowest BCUT2D eigenvalue weighted by Crippen LogP contribution is -2.45. The Hall–Kier alpha value is -3.41. The van der Waals surface area contributed by atoms with Crippen molar-refractivity contribution in [3.63, 3.8) is 0 Å². The van der Waals surface area contributed by atoms with Crippen molar-refractivity contribution in [1.82, 2.24) is 10.2 Å². The molecule has 3 N–H and O–H groups in total. The molecule has 3 rings (SSSR count). The van der Waals surface area contributed by atoms with E-state index in [1.165, 1.54) is 25.3 Å². The molecular formula is C30H43N5O6S. The van der Waals surface area contributed by atoms with Crippen molar-refractivity contribution in [3.8, 4) is 0 Å². The maximum absolute atomic E-state index is 13.0. The molecule has 12 heteroatoms. The predicted octanol–water partition coefficient (Wildman–Crippen LogP) is 3.44. The number of rotatable bonds is 12. The van der Waals surface area contributed by atoms with Crippen LogP contribution in [0, 0.1) is 0 Å². The number of hydrogen-bond donors (Lipinski definition) is 2. The van der Waals surface area contributed by atoms with Gasteiger partial charge >= 0.3 is 11.9 Å². The average Bonchev–Trinajstić information content (AvgIpc) is 3.31. The van der Waals surface area contributed by atoms with Gasteiger partial charge < -0.3 is 25.4 Å². The van der Waals surface area contributed by atoms with E-state index in [0.717, 1.165) is 25.7 Å². The Morgan fingerprint density at radius 2 is 1.71 bits per heavy atom. The summed E-state index contributed by atoms with van der Waals surface area (Å²) in [4.78, 5) is 60.0. The van der Waals surface area contributed by atoms with Crippen molar-refractivity contribution in [1.29, 1.82) is 0 Å². The summed E-state index contributed by atoms with van der Waals surface area (Å²) in [5.74, 6) is -0.907. The van der Waals surface area contributed by atoms with E-state index in [9.17, 15) is 19.2 Å². The lowest BCUT2D eigenvalue weighted by Gasteiger charge is -2.28. The second kappa shape index (κ2) is 16.3. The van der Waals surface area contributed by atoms with E-state index in [0.29, 0.717) is 41.5 Å². The summed E-state index contributed by atoms with van der Waals surface area (Å²) in [6.45, 7) is 6.45. The van der Waals surface area contributed by atoms with Crippen LogP contribution in [0.5, 0.6) is 0 Å². The van der Waals surface area contributed by atoms with Crippen LogP contribution in [-0.2, 0) is 23.9 Å². The molecule has 1 aliphatic heterocycles. The molecule has 1 aromatic carbocycles. The summed E-state index contributed by atoms with van der Waals surface area (Å²) >= 11 is 1.24. The number of amidine groups is 2. The zero-order chi connectivity index (χ0) is 30.6. The van der Waals surface area contributed by atoms with Crippen molar-refractivity contribution in [3.05, 3.63) is 35.4 Å². The zero-order valence-electron chi connectivity index (χ0n) is 25.0. The molecule has 2 amide bonds. The minimum absolute atomic E-state index is 0.0134. The minimum Gasteiger partial charge on any atom is -0.469 e. The third-order valence-corrected chi connectivity index (χ3v) is 8.67. The molecule has 1 aliphatic carbocycles. The van der Waals surface area contributed by atoms with Gasteiger partial charge in [0.1, 0.15) is 17.2 Å². The second-order valence-electron chi connectivity index (χ2n) is 10.8. The molecule has 2 fully saturated rings. The Kier molecular flexibility index (Phi) is 12.8. The van der Waals surface area contributed by atoms with Crippen LogP contribution in [0.3, 0.4) is 0 Å². The standard InChI is InChI=1S/C30H43N5O6S/c1-19(2)35-20(3)26(29(39)33-18-16-24(36)40-4)42-30(35)34-28(38)22-14-12-21(13-15-22)27(31)32-17-8-11-25(37)41-23-9-6-5-7-10-23/h12-15,19-20,23,26H,5-11,16-18H2,1-4H3,(H2,31,32)(H,33,39). The maximum atomic E-state index is 13.0. The number of thioether (sulfide) groups is 1. The van der Waals surface area contributed by atoms with Crippen molar-refractivity contribution >= 4 is 46.5 Å². The van der Waals surface area contributed by atoms with Crippen LogP contribution in [0.25, 0.3) is 0 Å². The second-order valence-corrected chi connectivity index (χ2v) is 11.9. The summed E-state index contributed by atoms with van der Waals surface area (Å²) in [5.41, 5.74) is 7.19. The number of hydrogen-bond acceptors (Lipinski definition) is 8. The lowest BCUT2D eigenvalue weighted by atomic mass is 9.98. The Labute approximate surface area is 252 Å². The van der Waals surface area contributed by atoms with Gasteiger partial charge in [0.15, 0.2) is 5.17 Å². The summed E-state index contributed by atoms with van der Waals surface area (Å²) in [7, 11) is 1.30. The molecule has 0 aromatic heterocycles. The molecule has 230 valence electrons. The molecule has 2 atom stereocenters. The molecule has 0 radical (unpaired) electrons. The number of carbonyl (C=O) groups excluding carboxylic acids is 4. The van der Waals surface area contributed by atoms with Gasteiger partial charge in [-0.15, -0.1) is 0 Å². The third-order valence-electron chi connectivity index (χ3n) is 7.30. The van der Waals surface area contributed by atoms with Gasteiger partial charge in [-0.25, -0.2) is 0 Å². The first kappa shape index (κ1) is 33.1. The molecule has 0 bridgehead atoms. The number of ether oxygens (including phenoxy) is 2. The number of amides is 2.